The molecule has 4 nitrogen and oxygen atoms in total. The standard InChI is InChI=1S/C7H5NO3/c1-2-9-7-6-5(3-8(1)7)10-4-11-6/h1-3H,4H2. The van der Waals surface area contributed by atoms with Crippen molar-refractivity contribution >= 4 is 5.71 Å². The molecule has 0 saturated carbocycles. The molecule has 11 heavy (non-hydrogen) atoms. The largest absolute Gasteiger partial charge is 0.452 e. The van der Waals surface area contributed by atoms with Gasteiger partial charge in [0.05, 0.1) is 6.20 Å². The van der Waals surface area contributed by atoms with Gasteiger partial charge in [-0.3, -0.25) is 4.40 Å². The summed E-state index contributed by atoms with van der Waals surface area (Å²) in [6.07, 6.45) is 5.25. The van der Waals surface area contributed by atoms with Crippen LogP contribution in [0.15, 0.2) is 23.1 Å². The minimum absolute atomic E-state index is 0.294. The highest BCUT2D eigenvalue weighted by Gasteiger charge is 2.21. The summed E-state index contributed by atoms with van der Waals surface area (Å²) >= 11 is 0. The number of nitrogens with zero attached hydrogens (tertiary/aromatic N) is 1. The minimum Gasteiger partial charge on any atom is -0.452 e. The van der Waals surface area contributed by atoms with Gasteiger partial charge in [0, 0.05) is 6.20 Å². The summed E-state index contributed by atoms with van der Waals surface area (Å²) in [7, 11) is 0. The number of hydrogen-bond donors (Lipinski definition) is 0. The van der Waals surface area contributed by atoms with E-state index in [1.807, 2.05) is 10.6 Å². The van der Waals surface area contributed by atoms with Crippen LogP contribution < -0.4 is 9.47 Å². The number of rotatable bonds is 0. The van der Waals surface area contributed by atoms with Gasteiger partial charge in [-0.15, -0.1) is 0 Å². The predicted octanol–water partition coefficient (Wildman–Crippen LogP) is 1.26. The van der Waals surface area contributed by atoms with E-state index in [4.69, 9.17) is 13.9 Å². The lowest BCUT2D eigenvalue weighted by molar-refractivity contribution is 0.172. The zero-order chi connectivity index (χ0) is 7.26. The maximum atomic E-state index is 5.17. The van der Waals surface area contributed by atoms with Crippen molar-refractivity contribution < 1.29 is 13.9 Å². The van der Waals surface area contributed by atoms with E-state index in [1.54, 1.807) is 12.5 Å². The molecule has 1 aliphatic rings. The molecule has 0 aromatic carbocycles. The van der Waals surface area contributed by atoms with Crippen LogP contribution in [0.2, 0.25) is 0 Å². The van der Waals surface area contributed by atoms with Gasteiger partial charge in [0.15, 0.2) is 5.75 Å². The Labute approximate surface area is 61.9 Å². The first-order valence-electron chi connectivity index (χ1n) is 3.29. The number of fused-ring (bicyclic) bond motifs is 3. The predicted molar refractivity (Wildman–Crippen MR) is 35.8 cm³/mol. The molecule has 0 radical (unpaired) electrons. The molecule has 0 spiro atoms. The van der Waals surface area contributed by atoms with Gasteiger partial charge in [0.2, 0.25) is 12.5 Å². The fourth-order valence-electron chi connectivity index (χ4n) is 1.24. The third-order valence-corrected chi connectivity index (χ3v) is 1.73. The Kier molecular flexibility index (Phi) is 0.711. The van der Waals surface area contributed by atoms with Crippen LogP contribution in [-0.2, 0) is 0 Å². The van der Waals surface area contributed by atoms with E-state index >= 15 is 0 Å². The van der Waals surface area contributed by atoms with E-state index in [0.29, 0.717) is 18.3 Å². The highest BCUT2D eigenvalue weighted by atomic mass is 16.7. The first-order chi connectivity index (χ1) is 5.45. The van der Waals surface area contributed by atoms with Crippen LogP contribution in [0.1, 0.15) is 0 Å². The zero-order valence-corrected chi connectivity index (χ0v) is 5.61. The number of ether oxygens (including phenoxy) is 2. The van der Waals surface area contributed by atoms with Crippen molar-refractivity contribution in [2.45, 2.75) is 0 Å². The van der Waals surface area contributed by atoms with Gasteiger partial charge in [-0.1, -0.05) is 0 Å². The molecular formula is C7H5NO3. The quantitative estimate of drug-likeness (QED) is 0.568. The van der Waals surface area contributed by atoms with Crippen LogP contribution in [-0.4, -0.2) is 11.2 Å². The van der Waals surface area contributed by atoms with Crippen molar-refractivity contribution in [3.05, 3.63) is 18.7 Å². The molecule has 2 aromatic heterocycles. The molecule has 0 amide bonds. The fraction of sp³-hybridized carbons (Fsp3) is 0.143. The summed E-state index contributed by atoms with van der Waals surface area (Å²) in [5, 5.41) is 0. The fourth-order valence-corrected chi connectivity index (χ4v) is 1.24. The Morgan fingerprint density at radius 2 is 2.36 bits per heavy atom. The van der Waals surface area contributed by atoms with E-state index in [2.05, 4.69) is 0 Å². The Bertz CT molecular complexity index is 401. The van der Waals surface area contributed by atoms with Gasteiger partial charge >= 0.3 is 0 Å². The smallest absolute Gasteiger partial charge is 0.250 e. The van der Waals surface area contributed by atoms with Crippen LogP contribution in [0.5, 0.6) is 11.5 Å². The molecule has 0 bridgehead atoms. The third-order valence-electron chi connectivity index (χ3n) is 1.73. The van der Waals surface area contributed by atoms with E-state index in [1.165, 1.54) is 0 Å². The lowest BCUT2D eigenvalue weighted by atomic mass is 10.5. The third kappa shape index (κ3) is 0.497. The number of aromatic nitrogens is 1. The molecule has 3 heterocycles. The van der Waals surface area contributed by atoms with E-state index < -0.39 is 0 Å². The van der Waals surface area contributed by atoms with Crippen LogP contribution in [0.3, 0.4) is 0 Å². The molecule has 2 aromatic rings. The van der Waals surface area contributed by atoms with Crippen molar-refractivity contribution in [1.82, 2.24) is 4.40 Å². The minimum atomic E-state index is 0.294. The molecular weight excluding hydrogens is 146 g/mol. The second-order valence-electron chi connectivity index (χ2n) is 2.34. The molecule has 4 heteroatoms. The van der Waals surface area contributed by atoms with Gasteiger partial charge in [0.25, 0.3) is 5.71 Å². The van der Waals surface area contributed by atoms with Crippen molar-refractivity contribution in [2.24, 2.45) is 0 Å². The molecule has 0 atom stereocenters. The highest BCUT2D eigenvalue weighted by molar-refractivity contribution is 5.61. The Balaban J connectivity index is 2.46. The van der Waals surface area contributed by atoms with Crippen molar-refractivity contribution in [2.75, 3.05) is 6.79 Å². The van der Waals surface area contributed by atoms with Gasteiger partial charge in [-0.05, 0) is 0 Å². The number of oxazole rings is 1. The molecule has 1 aliphatic heterocycles. The summed E-state index contributed by atoms with van der Waals surface area (Å²) < 4.78 is 17.3. The first kappa shape index (κ1) is 5.12. The van der Waals surface area contributed by atoms with Crippen LogP contribution >= 0.6 is 0 Å². The lowest BCUT2D eigenvalue weighted by Gasteiger charge is -1.89. The van der Waals surface area contributed by atoms with E-state index in [0.717, 1.165) is 5.75 Å². The van der Waals surface area contributed by atoms with E-state index in [9.17, 15) is 0 Å². The molecule has 0 fully saturated rings. The topological polar surface area (TPSA) is 36.0 Å². The average Bonchev–Trinajstić information content (AvgIpc) is 2.52. The van der Waals surface area contributed by atoms with Crippen molar-refractivity contribution in [1.29, 1.82) is 0 Å². The zero-order valence-electron chi connectivity index (χ0n) is 5.61. The highest BCUT2D eigenvalue weighted by Crippen LogP contribution is 2.37. The van der Waals surface area contributed by atoms with Gasteiger partial charge in [0.1, 0.15) is 6.26 Å². The molecule has 0 saturated heterocycles. The van der Waals surface area contributed by atoms with Crippen LogP contribution in [0.4, 0.5) is 0 Å². The van der Waals surface area contributed by atoms with Crippen LogP contribution in [0.25, 0.3) is 5.71 Å². The SMILES string of the molecule is c1cn2cc3c(c2o1)OCO3. The van der Waals surface area contributed by atoms with Gasteiger partial charge in [-0.25, -0.2) is 0 Å². The summed E-state index contributed by atoms with van der Waals surface area (Å²) in [5.74, 6) is 1.46. The monoisotopic (exact) mass is 151 g/mol. The first-order valence-corrected chi connectivity index (χ1v) is 3.29. The average molecular weight is 151 g/mol. The van der Waals surface area contributed by atoms with Crippen molar-refractivity contribution in [3.8, 4) is 11.5 Å². The number of hydrogen-bond acceptors (Lipinski definition) is 3. The van der Waals surface area contributed by atoms with E-state index in [-0.39, 0.29) is 0 Å². The van der Waals surface area contributed by atoms with Gasteiger partial charge < -0.3 is 13.9 Å². The Morgan fingerprint density at radius 1 is 1.36 bits per heavy atom. The van der Waals surface area contributed by atoms with Crippen LogP contribution in [0, 0.1) is 0 Å². The maximum absolute atomic E-state index is 5.17. The summed E-state index contributed by atoms with van der Waals surface area (Å²) in [6.45, 7) is 0.294. The Hall–Kier alpha value is -1.58. The molecule has 0 aliphatic carbocycles. The molecule has 0 unspecified atom stereocenters. The Morgan fingerprint density at radius 3 is 3.36 bits per heavy atom. The molecule has 56 valence electrons. The van der Waals surface area contributed by atoms with Gasteiger partial charge in [-0.2, -0.15) is 0 Å². The maximum Gasteiger partial charge on any atom is 0.250 e. The lowest BCUT2D eigenvalue weighted by Crippen LogP contribution is -1.95. The second-order valence-corrected chi connectivity index (χ2v) is 2.34. The molecule has 3 rings (SSSR count). The summed E-state index contributed by atoms with van der Waals surface area (Å²) in [4.78, 5) is 0. The summed E-state index contributed by atoms with van der Waals surface area (Å²) in [5.41, 5.74) is 0.706. The second kappa shape index (κ2) is 1.53. The molecule has 0 N–H and O–H groups in total. The normalized spacial score (nSPS) is 14.5. The summed E-state index contributed by atoms with van der Waals surface area (Å²) in [6, 6.07) is 0. The van der Waals surface area contributed by atoms with Crippen molar-refractivity contribution in [3.63, 3.8) is 0 Å².